The van der Waals surface area contributed by atoms with E-state index in [1.165, 1.54) is 133 Å². The SMILES string of the molecule is CC(C)(C)CO[n+]1cccc(C(=O)c2ccccc2)c1.CCCCC(CC)CO[n+]1c(C)cc(OC)cc1C.CCCCC(CC)CO[n+]1ccc(C(C)(C)C)cc1.CCCCCCO[n+]1cc2ccccc2c2ccccc21.CCCCCO[n+]1ccccc1.CO[n+]1ccc(C(=O)c2cccs2)cc1.CO[n+]1ccc(C(C)=O)cc1.c1ccc2c(c1)o[n+]1ccccc21. The summed E-state index contributed by atoms with van der Waals surface area (Å²) in [6.07, 6.45) is 40.7. The molecule has 2 unspecified atom stereocenters. The van der Waals surface area contributed by atoms with Crippen molar-refractivity contribution in [3.8, 4) is 5.75 Å². The van der Waals surface area contributed by atoms with E-state index >= 15 is 0 Å². The maximum atomic E-state index is 12.3. The molecule has 130 heavy (non-hydrogen) atoms. The lowest BCUT2D eigenvalue weighted by atomic mass is 9.88. The fraction of sp³-hybridized carbons (Fsp3) is 0.385. The van der Waals surface area contributed by atoms with Crippen molar-refractivity contribution in [2.45, 2.75) is 206 Å². The van der Waals surface area contributed by atoms with Gasteiger partial charge in [0, 0.05) is 152 Å². The number of carbonyl (C=O) groups is 3. The van der Waals surface area contributed by atoms with E-state index in [4.69, 9.17) is 43.1 Å². The Kier molecular flexibility index (Phi) is 46.2. The Balaban J connectivity index is 0.000000205. The first kappa shape index (κ1) is 105. The Hall–Kier alpha value is -12.5. The number of ketones is 3. The number of ether oxygens (including phenoxy) is 1. The lowest BCUT2D eigenvalue weighted by Gasteiger charge is -2.17. The highest BCUT2D eigenvalue weighted by atomic mass is 32.1. The van der Waals surface area contributed by atoms with Crippen molar-refractivity contribution in [3.63, 3.8) is 0 Å². The van der Waals surface area contributed by atoms with Gasteiger partial charge in [-0.3, -0.25) is 48.2 Å². The number of aromatic nitrogens is 8. The summed E-state index contributed by atoms with van der Waals surface area (Å²) < 4.78 is 24.7. The normalized spacial score (nSPS) is 11.2. The van der Waals surface area contributed by atoms with Gasteiger partial charge >= 0.3 is 0 Å². The number of carbonyl (C=O) groups excluding carboxylic acids is 3. The molecule has 20 nitrogen and oxygen atoms in total. The van der Waals surface area contributed by atoms with Crippen molar-refractivity contribution in [2.75, 3.05) is 54.4 Å². The van der Waals surface area contributed by atoms with Crippen LogP contribution in [-0.4, -0.2) is 71.7 Å². The third-order valence-electron chi connectivity index (χ3n) is 21.1. The molecule has 0 amide bonds. The minimum Gasteiger partial charge on any atom is -0.496 e. The van der Waals surface area contributed by atoms with Gasteiger partial charge in [-0.1, -0.05) is 219 Å². The molecule has 0 saturated heterocycles. The number of hydrogen-bond donors (Lipinski definition) is 0. The van der Waals surface area contributed by atoms with E-state index in [0.717, 1.165) is 83.3 Å². The van der Waals surface area contributed by atoms with Crippen LogP contribution in [-0.2, 0) is 5.41 Å². The summed E-state index contributed by atoms with van der Waals surface area (Å²) in [4.78, 5) is 74.4. The molecule has 690 valence electrons. The van der Waals surface area contributed by atoms with Crippen LogP contribution in [0.4, 0.5) is 0 Å². The molecule has 4 aromatic carbocycles. The summed E-state index contributed by atoms with van der Waals surface area (Å²) in [7, 11) is 4.82. The zero-order valence-electron chi connectivity index (χ0n) is 80.4. The molecule has 0 saturated carbocycles. The number of methoxy groups -OCH3 is 1. The van der Waals surface area contributed by atoms with E-state index in [1.807, 2.05) is 180 Å². The van der Waals surface area contributed by atoms with Crippen LogP contribution in [0.25, 0.3) is 38.2 Å². The van der Waals surface area contributed by atoms with Gasteiger partial charge in [-0.2, -0.15) is 0 Å². The van der Waals surface area contributed by atoms with Crippen molar-refractivity contribution < 1.29 is 95.2 Å². The Morgan fingerprint density at radius 2 is 0.915 bits per heavy atom. The number of unbranched alkanes of at least 4 members (excludes halogenated alkanes) is 7. The average molecular weight is 1790 g/mol. The van der Waals surface area contributed by atoms with E-state index in [0.29, 0.717) is 40.7 Å². The third kappa shape index (κ3) is 36.6. The Labute approximate surface area is 776 Å². The van der Waals surface area contributed by atoms with E-state index in [-0.39, 0.29) is 28.2 Å². The van der Waals surface area contributed by atoms with Gasteiger partial charge in [0.2, 0.25) is 97.1 Å². The molecular weight excluding hydrogens is 1650 g/mol. The summed E-state index contributed by atoms with van der Waals surface area (Å²) in [5.74, 6) is 2.32. The summed E-state index contributed by atoms with van der Waals surface area (Å²) in [6, 6.07) is 68.6. The lowest BCUT2D eigenvalue weighted by Crippen LogP contribution is -2.49. The highest BCUT2D eigenvalue weighted by Crippen LogP contribution is 2.24. The molecular formula is C109H144N8O12S+8. The molecule has 0 N–H and O–H groups in total. The molecule has 10 heterocycles. The average Bonchev–Trinajstić information content (AvgIpc) is 1.28. The molecule has 0 radical (unpaired) electrons. The number of pyridine rings is 8. The van der Waals surface area contributed by atoms with Crippen LogP contribution in [0.3, 0.4) is 0 Å². The first-order valence-corrected chi connectivity index (χ1v) is 46.9. The van der Waals surface area contributed by atoms with Crippen molar-refractivity contribution in [3.05, 3.63) is 336 Å². The highest BCUT2D eigenvalue weighted by molar-refractivity contribution is 7.12. The molecule has 0 aliphatic carbocycles. The van der Waals surface area contributed by atoms with Crippen LogP contribution in [0.15, 0.2) is 297 Å². The smallest absolute Gasteiger partial charge is 0.269 e. The molecule has 14 rings (SSSR count). The van der Waals surface area contributed by atoms with Gasteiger partial charge in [0.1, 0.15) is 25.4 Å². The quantitative estimate of drug-likeness (QED) is 0.0160. The van der Waals surface area contributed by atoms with Crippen LogP contribution < -0.4 is 76.3 Å². The summed E-state index contributed by atoms with van der Waals surface area (Å²) in [6.45, 7) is 35.8. The zero-order chi connectivity index (χ0) is 93.9. The Bertz CT molecular complexity index is 5480. The number of thiophene rings is 1. The topological polar surface area (TPSA) is 169 Å². The molecule has 0 aliphatic rings. The van der Waals surface area contributed by atoms with Gasteiger partial charge in [-0.05, 0) is 123 Å². The van der Waals surface area contributed by atoms with Gasteiger partial charge in [-0.25, -0.2) is 4.52 Å². The number of hydrogen-bond acceptors (Lipinski definition) is 13. The second kappa shape index (κ2) is 57.4. The van der Waals surface area contributed by atoms with E-state index < -0.39 is 0 Å². The fourth-order valence-corrected chi connectivity index (χ4v) is 14.0. The number of benzene rings is 4. The number of para-hydroxylation sites is 2. The largest absolute Gasteiger partial charge is 0.496 e. The van der Waals surface area contributed by atoms with E-state index in [1.54, 1.807) is 103 Å². The van der Waals surface area contributed by atoms with Crippen molar-refractivity contribution in [1.29, 1.82) is 0 Å². The monoisotopic (exact) mass is 1790 g/mol. The molecule has 0 bridgehead atoms. The Morgan fingerprint density at radius 3 is 1.50 bits per heavy atom. The molecule has 10 aromatic heterocycles. The van der Waals surface area contributed by atoms with E-state index in [2.05, 4.69) is 156 Å². The molecule has 21 heteroatoms. The van der Waals surface area contributed by atoms with Crippen LogP contribution in [0, 0.1) is 31.1 Å². The summed E-state index contributed by atoms with van der Waals surface area (Å²) in [5, 5.41) is 6.78. The lowest BCUT2D eigenvalue weighted by molar-refractivity contribution is -0.900. The number of rotatable bonds is 35. The van der Waals surface area contributed by atoms with Gasteiger partial charge in [-0.15, -0.1) is 11.3 Å². The molecule has 0 aliphatic heterocycles. The predicted molar refractivity (Wildman–Crippen MR) is 515 cm³/mol. The minimum atomic E-state index is -0.000640. The number of Topliss-reactive ketones (excluding diaryl/α,β-unsaturated/α-hetero) is 1. The van der Waals surface area contributed by atoms with Gasteiger partial charge in [0.25, 0.3) is 11.0 Å². The van der Waals surface area contributed by atoms with Crippen LogP contribution >= 0.6 is 11.3 Å². The van der Waals surface area contributed by atoms with Crippen LogP contribution in [0.2, 0.25) is 0 Å². The van der Waals surface area contributed by atoms with Crippen LogP contribution in [0.5, 0.6) is 5.75 Å². The van der Waals surface area contributed by atoms with Crippen LogP contribution in [0.1, 0.15) is 245 Å². The first-order valence-electron chi connectivity index (χ1n) is 46.0. The van der Waals surface area contributed by atoms with Crippen molar-refractivity contribution in [1.82, 2.24) is 0 Å². The maximum absolute atomic E-state index is 12.3. The maximum Gasteiger partial charge on any atom is 0.269 e. The molecule has 0 fully saturated rings. The van der Waals surface area contributed by atoms with E-state index in [9.17, 15) is 14.4 Å². The number of aryl methyl sites for hydroxylation is 2. The summed E-state index contributed by atoms with van der Waals surface area (Å²) >= 11 is 1.45. The number of nitrogens with zero attached hydrogens (tertiary/aromatic N) is 8. The number of fused-ring (bicyclic) bond motifs is 6. The zero-order valence-corrected chi connectivity index (χ0v) is 81.2. The Morgan fingerprint density at radius 1 is 0.415 bits per heavy atom. The highest BCUT2D eigenvalue weighted by Gasteiger charge is 2.23. The first-order chi connectivity index (χ1) is 62.9. The fourth-order valence-electron chi connectivity index (χ4n) is 13.3. The van der Waals surface area contributed by atoms with Gasteiger partial charge in [0.05, 0.1) is 40.5 Å². The van der Waals surface area contributed by atoms with Gasteiger partial charge < -0.3 is 4.74 Å². The minimum absolute atomic E-state index is 0.000640. The predicted octanol–water partition coefficient (Wildman–Crippen LogP) is 19.5. The molecule has 0 spiro atoms. The third-order valence-corrected chi connectivity index (χ3v) is 22.0. The second-order valence-electron chi connectivity index (χ2n) is 33.9. The standard InChI is InChI=1S/C19H22NO.C17H20NO2.C17H30NO.C16H28NO2.C11H10NO2S.C11H8NO.C10H16NO.C8H10NO2/c1-2-3-4-9-14-21-20-15-16-10-5-6-11-17(16)18-12-7-8-13-19(18)20;1-17(2,3)13-20-18-11-7-10-15(12-18)16(19)14-8-5-4-6-9-14;1-6-8-9-15(7-2)14-19-18-12-10-16(11-13-18)17(3,4)5;1-6-8-9-15(7-2)12-19-17-13(3)10-16(18-5)11-14(17)4;1-14-12-6-4-9(5-7-12)11(13)10-3-2-8-15-10;1-2-7-11-9(5-1)10-6-3-4-8-12(10)13-11;1-2-3-7-10-12-11-8-5-4-6-9-11;1-7(10)8-3-5-9(11-2)6-4-8/h5-8,10-13,15H,2-4,9,14H2,1H3;4-12H,13H2,1-3H3;10-13,15H,6-9,14H2,1-5H3;10-11,15H,6-9,12H2,1-5H3;2-8H,1H3;1-8H;4-6,8-9H,2-3,7,10H2,1H3;3-6H,1-2H3/q8*+1. The van der Waals surface area contributed by atoms with Crippen molar-refractivity contribution in [2.24, 2.45) is 17.3 Å². The second-order valence-corrected chi connectivity index (χ2v) is 34.9. The molecule has 14 aromatic rings. The van der Waals surface area contributed by atoms with Gasteiger partial charge in [0.15, 0.2) is 44.6 Å². The molecule has 2 atom stereocenters. The van der Waals surface area contributed by atoms with Crippen molar-refractivity contribution >= 4 is 66.8 Å². The summed E-state index contributed by atoms with van der Waals surface area (Å²) in [5.41, 5.74) is 9.59.